The Kier molecular flexibility index (Phi) is 4.63. The van der Waals surface area contributed by atoms with Gasteiger partial charge in [0.15, 0.2) is 0 Å². The summed E-state index contributed by atoms with van der Waals surface area (Å²) in [5.41, 5.74) is 0.893. The van der Waals surface area contributed by atoms with E-state index >= 15 is 0 Å². The number of benzene rings is 1. The number of methoxy groups -OCH3 is 1. The second-order valence-electron chi connectivity index (χ2n) is 3.10. The van der Waals surface area contributed by atoms with E-state index in [9.17, 15) is 4.79 Å². The predicted molar refractivity (Wildman–Crippen MR) is 56.8 cm³/mol. The summed E-state index contributed by atoms with van der Waals surface area (Å²) in [5, 5.41) is 11.1. The third-order valence-corrected chi connectivity index (χ3v) is 1.93. The number of carbonyl (C=O) groups is 1. The molecule has 82 valence electrons. The maximum Gasteiger partial charge on any atom is 0.224 e. The molecule has 0 aliphatic carbocycles. The van der Waals surface area contributed by atoms with Crippen LogP contribution in [0.4, 0.5) is 0 Å². The van der Waals surface area contributed by atoms with Crippen LogP contribution in [0, 0.1) is 0 Å². The first-order chi connectivity index (χ1) is 7.26. The number of amides is 1. The predicted octanol–water partition coefficient (Wildman–Crippen LogP) is 0.346. The number of hydrogen-bond donors (Lipinski definition) is 2. The Morgan fingerprint density at radius 2 is 2.33 bits per heavy atom. The molecule has 0 aliphatic rings. The average Bonchev–Trinajstić information content (AvgIpc) is 2.26. The molecule has 0 heterocycles. The van der Waals surface area contributed by atoms with Gasteiger partial charge in [0.25, 0.3) is 0 Å². The van der Waals surface area contributed by atoms with E-state index in [-0.39, 0.29) is 12.5 Å². The van der Waals surface area contributed by atoms with Crippen molar-refractivity contribution in [2.24, 2.45) is 0 Å². The highest BCUT2D eigenvalue weighted by molar-refractivity contribution is 5.78. The molecule has 0 radical (unpaired) electrons. The van der Waals surface area contributed by atoms with Crippen LogP contribution in [-0.2, 0) is 11.2 Å². The first-order valence-corrected chi connectivity index (χ1v) is 4.76. The van der Waals surface area contributed by atoms with E-state index < -0.39 is 0 Å². The minimum Gasteiger partial charge on any atom is -0.497 e. The fraction of sp³-hybridized carbons (Fsp3) is 0.364. The summed E-state index contributed by atoms with van der Waals surface area (Å²) >= 11 is 0. The minimum atomic E-state index is -0.0997. The van der Waals surface area contributed by atoms with Gasteiger partial charge in [-0.1, -0.05) is 12.1 Å². The molecule has 1 rings (SSSR count). The highest BCUT2D eigenvalue weighted by atomic mass is 16.5. The monoisotopic (exact) mass is 209 g/mol. The molecule has 0 aromatic heterocycles. The summed E-state index contributed by atoms with van der Waals surface area (Å²) in [7, 11) is 1.59. The van der Waals surface area contributed by atoms with Crippen LogP contribution in [0.1, 0.15) is 5.56 Å². The van der Waals surface area contributed by atoms with Crippen molar-refractivity contribution in [2.75, 3.05) is 20.3 Å². The van der Waals surface area contributed by atoms with Crippen LogP contribution in [0.5, 0.6) is 5.75 Å². The van der Waals surface area contributed by atoms with Crippen molar-refractivity contribution in [1.82, 2.24) is 5.32 Å². The van der Waals surface area contributed by atoms with E-state index in [1.165, 1.54) is 0 Å². The van der Waals surface area contributed by atoms with Gasteiger partial charge in [-0.2, -0.15) is 0 Å². The summed E-state index contributed by atoms with van der Waals surface area (Å²) in [6, 6.07) is 7.35. The molecule has 4 heteroatoms. The quantitative estimate of drug-likeness (QED) is 0.735. The highest BCUT2D eigenvalue weighted by Crippen LogP contribution is 2.12. The standard InChI is InChI=1S/C11H15NO3/c1-15-10-4-2-3-9(7-10)8-11(14)12-5-6-13/h2-4,7,13H,5-6,8H2,1H3,(H,12,14). The first kappa shape index (κ1) is 11.5. The summed E-state index contributed by atoms with van der Waals surface area (Å²) in [6.07, 6.45) is 0.303. The lowest BCUT2D eigenvalue weighted by atomic mass is 10.1. The smallest absolute Gasteiger partial charge is 0.224 e. The molecular formula is C11H15NO3. The Balaban J connectivity index is 2.52. The van der Waals surface area contributed by atoms with Crippen molar-refractivity contribution in [1.29, 1.82) is 0 Å². The van der Waals surface area contributed by atoms with E-state index in [2.05, 4.69) is 5.32 Å². The van der Waals surface area contributed by atoms with Crippen LogP contribution >= 0.6 is 0 Å². The van der Waals surface area contributed by atoms with Gasteiger partial charge in [0, 0.05) is 6.54 Å². The maximum atomic E-state index is 11.3. The SMILES string of the molecule is COc1cccc(CC(=O)NCCO)c1. The second-order valence-corrected chi connectivity index (χ2v) is 3.10. The van der Waals surface area contributed by atoms with Crippen molar-refractivity contribution >= 4 is 5.91 Å². The molecule has 0 saturated carbocycles. The summed E-state index contributed by atoms with van der Waals surface area (Å²) in [5.74, 6) is 0.639. The van der Waals surface area contributed by atoms with Gasteiger partial charge in [-0.3, -0.25) is 4.79 Å². The molecule has 0 saturated heterocycles. The third kappa shape index (κ3) is 3.99. The van der Waals surface area contributed by atoms with Crippen LogP contribution < -0.4 is 10.1 Å². The van der Waals surface area contributed by atoms with Gasteiger partial charge in [0.05, 0.1) is 20.1 Å². The number of aliphatic hydroxyl groups is 1. The van der Waals surface area contributed by atoms with Crippen molar-refractivity contribution in [2.45, 2.75) is 6.42 Å². The van der Waals surface area contributed by atoms with Gasteiger partial charge in [0.1, 0.15) is 5.75 Å². The van der Waals surface area contributed by atoms with E-state index in [1.54, 1.807) is 7.11 Å². The number of nitrogens with one attached hydrogen (secondary N) is 1. The molecule has 15 heavy (non-hydrogen) atoms. The zero-order chi connectivity index (χ0) is 11.1. The molecule has 1 aromatic rings. The van der Waals surface area contributed by atoms with Crippen LogP contribution in [0.25, 0.3) is 0 Å². The van der Waals surface area contributed by atoms with E-state index in [0.29, 0.717) is 13.0 Å². The molecule has 0 spiro atoms. The van der Waals surface area contributed by atoms with Crippen molar-refractivity contribution in [3.63, 3.8) is 0 Å². The first-order valence-electron chi connectivity index (χ1n) is 4.76. The molecule has 1 amide bonds. The number of hydrogen-bond acceptors (Lipinski definition) is 3. The molecule has 4 nitrogen and oxygen atoms in total. The molecule has 2 N–H and O–H groups in total. The van der Waals surface area contributed by atoms with E-state index in [1.807, 2.05) is 24.3 Å². The minimum absolute atomic E-state index is 0.0378. The van der Waals surface area contributed by atoms with Crippen LogP contribution in [-0.4, -0.2) is 31.3 Å². The molecular weight excluding hydrogens is 194 g/mol. The Hall–Kier alpha value is -1.55. The molecule has 0 bridgehead atoms. The third-order valence-electron chi connectivity index (χ3n) is 1.93. The lowest BCUT2D eigenvalue weighted by molar-refractivity contribution is -0.120. The van der Waals surface area contributed by atoms with E-state index in [0.717, 1.165) is 11.3 Å². The lowest BCUT2D eigenvalue weighted by Gasteiger charge is -2.05. The van der Waals surface area contributed by atoms with Gasteiger partial charge < -0.3 is 15.2 Å². The second kappa shape index (κ2) is 6.03. The fourth-order valence-corrected chi connectivity index (χ4v) is 1.23. The largest absolute Gasteiger partial charge is 0.497 e. The van der Waals surface area contributed by atoms with Gasteiger partial charge >= 0.3 is 0 Å². The summed E-state index contributed by atoms with van der Waals surface area (Å²) in [4.78, 5) is 11.3. The molecule has 0 atom stereocenters. The van der Waals surface area contributed by atoms with Gasteiger partial charge in [-0.05, 0) is 17.7 Å². The average molecular weight is 209 g/mol. The Labute approximate surface area is 88.9 Å². The van der Waals surface area contributed by atoms with Crippen molar-refractivity contribution < 1.29 is 14.6 Å². The number of ether oxygens (including phenoxy) is 1. The molecule has 0 fully saturated rings. The van der Waals surface area contributed by atoms with E-state index in [4.69, 9.17) is 9.84 Å². The fourth-order valence-electron chi connectivity index (χ4n) is 1.23. The normalized spacial score (nSPS) is 9.73. The maximum absolute atomic E-state index is 11.3. The topological polar surface area (TPSA) is 58.6 Å². The zero-order valence-electron chi connectivity index (χ0n) is 8.69. The number of aliphatic hydroxyl groups excluding tert-OH is 1. The lowest BCUT2D eigenvalue weighted by Crippen LogP contribution is -2.27. The van der Waals surface area contributed by atoms with Gasteiger partial charge in [-0.25, -0.2) is 0 Å². The van der Waals surface area contributed by atoms with Gasteiger partial charge in [0.2, 0.25) is 5.91 Å². The molecule has 0 aliphatic heterocycles. The Morgan fingerprint density at radius 3 is 3.00 bits per heavy atom. The molecule has 1 aromatic carbocycles. The Morgan fingerprint density at radius 1 is 1.53 bits per heavy atom. The summed E-state index contributed by atoms with van der Waals surface area (Å²) < 4.78 is 5.05. The summed E-state index contributed by atoms with van der Waals surface area (Å²) in [6.45, 7) is 0.257. The number of rotatable bonds is 5. The van der Waals surface area contributed by atoms with Crippen molar-refractivity contribution in [3.05, 3.63) is 29.8 Å². The number of carbonyl (C=O) groups excluding carboxylic acids is 1. The zero-order valence-corrected chi connectivity index (χ0v) is 8.69. The van der Waals surface area contributed by atoms with Crippen LogP contribution in [0.3, 0.4) is 0 Å². The van der Waals surface area contributed by atoms with Crippen molar-refractivity contribution in [3.8, 4) is 5.75 Å². The van der Waals surface area contributed by atoms with Crippen LogP contribution in [0.2, 0.25) is 0 Å². The van der Waals surface area contributed by atoms with Gasteiger partial charge in [-0.15, -0.1) is 0 Å². The molecule has 0 unspecified atom stereocenters. The van der Waals surface area contributed by atoms with Crippen LogP contribution in [0.15, 0.2) is 24.3 Å². The Bertz CT molecular complexity index is 325. The highest BCUT2D eigenvalue weighted by Gasteiger charge is 2.03.